The second-order valence-corrected chi connectivity index (χ2v) is 27.7. The highest BCUT2D eigenvalue weighted by Crippen LogP contribution is 2.38. The quantitative estimate of drug-likeness (QED) is 0.0195. The zero-order valence-electron chi connectivity index (χ0n) is 58.4. The van der Waals surface area contributed by atoms with Gasteiger partial charge in [0.15, 0.2) is 6.10 Å². The van der Waals surface area contributed by atoms with Crippen LogP contribution in [0.3, 0.4) is 0 Å². The standard InChI is InChI=1S/C78H142NO8P/c1-6-8-10-12-14-16-18-20-22-24-26-28-30-32-34-36-37-38-39-40-41-43-45-47-49-51-53-55-57-59-61-63-65-67-69-71-78(81)87-76(75-86-88(82,83)85-73-72-79(3,4)5)74-84-77(80)70-68-66-64-62-60-58-56-54-52-50-48-46-44-42-35-33-31-29-27-25-23-21-19-17-15-13-11-9-7-2/h8,10,14,16,20,22,25-28,32,34,37-38,76H,6-7,9,11-13,15,17-19,21,23-24,29-31,33,35-36,39-75H2,1-5H3/b10-8-,16-14-,22-20-,27-25-,28-26-,34-32-,38-37-. The number of hydrogen-bond donors (Lipinski definition) is 0. The summed E-state index contributed by atoms with van der Waals surface area (Å²) in [6, 6.07) is 0. The molecule has 0 fully saturated rings. The number of hydrogen-bond acceptors (Lipinski definition) is 8. The molecule has 0 rings (SSSR count). The molecule has 0 aromatic heterocycles. The first-order valence-electron chi connectivity index (χ1n) is 37.3. The Morgan fingerprint density at radius 1 is 0.364 bits per heavy atom. The SMILES string of the molecule is CC/C=C\C/C=C\C/C=C\C/C=C\C/C=C\C/C=C\CCCCCCCCCCCCCCCCCCC(=O)OC(COC(=O)CCCCCCCCCCCCCCCCCCC/C=C\CCCCCCCCCC)COP(=O)([O-])OCC[N+](C)(C)C. The van der Waals surface area contributed by atoms with Crippen LogP contribution in [0.15, 0.2) is 85.1 Å². The van der Waals surface area contributed by atoms with Gasteiger partial charge in [-0.15, -0.1) is 0 Å². The maximum absolute atomic E-state index is 12.9. The van der Waals surface area contributed by atoms with Crippen LogP contribution in [0.2, 0.25) is 0 Å². The van der Waals surface area contributed by atoms with Gasteiger partial charge < -0.3 is 27.9 Å². The summed E-state index contributed by atoms with van der Waals surface area (Å²) in [6.07, 6.45) is 93.9. The van der Waals surface area contributed by atoms with E-state index in [1.54, 1.807) is 0 Å². The number of carbonyl (C=O) groups is 2. The van der Waals surface area contributed by atoms with Gasteiger partial charge in [0, 0.05) is 12.8 Å². The van der Waals surface area contributed by atoms with Crippen molar-refractivity contribution in [1.82, 2.24) is 0 Å². The predicted molar refractivity (Wildman–Crippen MR) is 379 cm³/mol. The Bertz CT molecular complexity index is 1760. The van der Waals surface area contributed by atoms with Gasteiger partial charge in [0.1, 0.15) is 19.8 Å². The van der Waals surface area contributed by atoms with Gasteiger partial charge in [-0.25, -0.2) is 0 Å². The fourth-order valence-corrected chi connectivity index (χ4v) is 11.4. The molecule has 0 bridgehead atoms. The molecule has 0 aliphatic rings. The van der Waals surface area contributed by atoms with Gasteiger partial charge in [0.2, 0.25) is 0 Å². The van der Waals surface area contributed by atoms with Crippen LogP contribution in [0.5, 0.6) is 0 Å². The average molecular weight is 1250 g/mol. The van der Waals surface area contributed by atoms with Gasteiger partial charge in [-0.2, -0.15) is 0 Å². The smallest absolute Gasteiger partial charge is 0.306 e. The second kappa shape index (κ2) is 68.6. The van der Waals surface area contributed by atoms with E-state index in [9.17, 15) is 19.0 Å². The van der Waals surface area contributed by atoms with Crippen LogP contribution in [-0.4, -0.2) is 70.0 Å². The Hall–Kier alpha value is -2.81. The van der Waals surface area contributed by atoms with E-state index >= 15 is 0 Å². The summed E-state index contributed by atoms with van der Waals surface area (Å²) in [5.41, 5.74) is 0. The van der Waals surface area contributed by atoms with Gasteiger partial charge in [-0.05, 0) is 89.9 Å². The Labute approximate surface area is 545 Å². The fraction of sp³-hybridized carbons (Fsp3) is 0.795. The van der Waals surface area contributed by atoms with E-state index in [2.05, 4.69) is 98.9 Å². The topological polar surface area (TPSA) is 111 Å². The van der Waals surface area contributed by atoms with Crippen molar-refractivity contribution in [3.05, 3.63) is 85.1 Å². The summed E-state index contributed by atoms with van der Waals surface area (Å²) in [5.74, 6) is -0.819. The third kappa shape index (κ3) is 72.3. The molecule has 0 saturated carbocycles. The van der Waals surface area contributed by atoms with E-state index in [0.29, 0.717) is 17.4 Å². The van der Waals surface area contributed by atoms with Crippen molar-refractivity contribution < 1.29 is 42.1 Å². The molecule has 0 spiro atoms. The van der Waals surface area contributed by atoms with Gasteiger partial charge in [0.25, 0.3) is 7.82 Å². The number of carbonyl (C=O) groups excluding carboxylic acids is 2. The maximum Gasteiger partial charge on any atom is 0.306 e. The molecule has 10 heteroatoms. The normalized spacial score (nSPS) is 13.6. The number of unbranched alkanes of at least 4 members (excludes halogenated alkanes) is 41. The van der Waals surface area contributed by atoms with Crippen molar-refractivity contribution in [3.63, 3.8) is 0 Å². The molecule has 0 aromatic carbocycles. The molecular weight excluding hydrogens is 1110 g/mol. The molecule has 0 aliphatic heterocycles. The van der Waals surface area contributed by atoms with E-state index in [0.717, 1.165) is 77.0 Å². The summed E-state index contributed by atoms with van der Waals surface area (Å²) in [7, 11) is 1.18. The summed E-state index contributed by atoms with van der Waals surface area (Å²) in [5, 5.41) is 0. The Kier molecular flexibility index (Phi) is 66.4. The highest BCUT2D eigenvalue weighted by molar-refractivity contribution is 7.45. The van der Waals surface area contributed by atoms with Crippen molar-refractivity contribution in [1.29, 1.82) is 0 Å². The van der Waals surface area contributed by atoms with Crippen LogP contribution < -0.4 is 4.89 Å². The third-order valence-electron chi connectivity index (χ3n) is 16.4. The molecule has 0 heterocycles. The van der Waals surface area contributed by atoms with E-state index < -0.39 is 26.5 Å². The van der Waals surface area contributed by atoms with E-state index in [-0.39, 0.29) is 32.0 Å². The first-order chi connectivity index (χ1) is 43.0. The van der Waals surface area contributed by atoms with E-state index in [1.807, 2.05) is 21.1 Å². The van der Waals surface area contributed by atoms with Crippen molar-refractivity contribution in [2.45, 2.75) is 354 Å². The zero-order valence-corrected chi connectivity index (χ0v) is 59.3. The van der Waals surface area contributed by atoms with Crippen LogP contribution >= 0.6 is 7.82 Å². The van der Waals surface area contributed by atoms with Crippen molar-refractivity contribution in [3.8, 4) is 0 Å². The zero-order chi connectivity index (χ0) is 64.1. The second-order valence-electron chi connectivity index (χ2n) is 26.3. The fourth-order valence-electron chi connectivity index (χ4n) is 10.7. The lowest BCUT2D eigenvalue weighted by Crippen LogP contribution is -2.37. The van der Waals surface area contributed by atoms with Crippen LogP contribution in [0.4, 0.5) is 0 Å². The number of allylic oxidation sites excluding steroid dienone is 14. The monoisotopic (exact) mass is 1250 g/mol. The molecule has 0 aromatic rings. The molecule has 0 N–H and O–H groups in total. The van der Waals surface area contributed by atoms with Crippen molar-refractivity contribution >= 4 is 19.8 Å². The molecule has 2 unspecified atom stereocenters. The van der Waals surface area contributed by atoms with Crippen LogP contribution in [0, 0.1) is 0 Å². The molecule has 0 radical (unpaired) electrons. The molecule has 88 heavy (non-hydrogen) atoms. The molecule has 2 atom stereocenters. The van der Waals surface area contributed by atoms with Crippen molar-refractivity contribution in [2.75, 3.05) is 47.5 Å². The Morgan fingerprint density at radius 3 is 0.977 bits per heavy atom. The molecular formula is C78H142NO8P. The number of esters is 2. The Morgan fingerprint density at radius 2 is 0.648 bits per heavy atom. The van der Waals surface area contributed by atoms with Crippen molar-refractivity contribution in [2.24, 2.45) is 0 Å². The number of ether oxygens (including phenoxy) is 2. The third-order valence-corrected chi connectivity index (χ3v) is 17.4. The minimum Gasteiger partial charge on any atom is -0.756 e. The first-order valence-corrected chi connectivity index (χ1v) is 38.8. The number of phosphoric acid groups is 1. The van der Waals surface area contributed by atoms with Gasteiger partial charge in [0.05, 0.1) is 27.7 Å². The van der Waals surface area contributed by atoms with E-state index in [1.165, 1.54) is 238 Å². The number of phosphoric ester groups is 1. The molecule has 0 amide bonds. The largest absolute Gasteiger partial charge is 0.756 e. The highest BCUT2D eigenvalue weighted by atomic mass is 31.2. The van der Waals surface area contributed by atoms with Gasteiger partial charge in [-0.1, -0.05) is 330 Å². The van der Waals surface area contributed by atoms with Gasteiger partial charge in [-0.3, -0.25) is 14.2 Å². The minimum atomic E-state index is -4.64. The number of likely N-dealkylation sites (N-methyl/N-ethyl adjacent to an activating group) is 1. The molecule has 0 saturated heterocycles. The highest BCUT2D eigenvalue weighted by Gasteiger charge is 2.22. The summed E-state index contributed by atoms with van der Waals surface area (Å²) in [6.45, 7) is 4.18. The number of rotatable bonds is 69. The lowest BCUT2D eigenvalue weighted by atomic mass is 10.0. The predicted octanol–water partition coefficient (Wildman–Crippen LogP) is 23.9. The number of quaternary nitrogens is 1. The lowest BCUT2D eigenvalue weighted by Gasteiger charge is -2.28. The van der Waals surface area contributed by atoms with Crippen LogP contribution in [-0.2, 0) is 32.7 Å². The van der Waals surface area contributed by atoms with E-state index in [4.69, 9.17) is 18.5 Å². The molecule has 0 aliphatic carbocycles. The van der Waals surface area contributed by atoms with Gasteiger partial charge >= 0.3 is 11.9 Å². The lowest BCUT2D eigenvalue weighted by molar-refractivity contribution is -0.870. The average Bonchev–Trinajstić information content (AvgIpc) is 3.57. The molecule has 512 valence electrons. The minimum absolute atomic E-state index is 0.0310. The summed E-state index contributed by atoms with van der Waals surface area (Å²) >= 11 is 0. The Balaban J connectivity index is 3.99. The van der Waals surface area contributed by atoms with Crippen LogP contribution in [0.1, 0.15) is 348 Å². The number of nitrogens with zero attached hydrogens (tertiary/aromatic N) is 1. The van der Waals surface area contributed by atoms with Crippen LogP contribution in [0.25, 0.3) is 0 Å². The summed E-state index contributed by atoms with van der Waals surface area (Å²) < 4.78 is 34.4. The molecule has 9 nitrogen and oxygen atoms in total. The summed E-state index contributed by atoms with van der Waals surface area (Å²) in [4.78, 5) is 38.1. The first kappa shape index (κ1) is 85.2. The maximum atomic E-state index is 12.9.